The highest BCUT2D eigenvalue weighted by molar-refractivity contribution is 6.10. The minimum Gasteiger partial charge on any atom is -0.389 e. The Bertz CT molecular complexity index is 1330. The standard InChI is InChI=1S/C31H32N2O4/c1-20-11-7-9-15-24(20)32-29(35)27-23(18-17-22-13-5-4-6-14-22)28(31(3,37)19-26(27)34)30(36)33-25-16-10-8-12-21(25)2/h4-18,23,27-28,37H,19H2,1-3H3,(H,32,35)(H,33,36)/b18-17+. The molecule has 6 nitrogen and oxygen atoms in total. The fourth-order valence-corrected chi connectivity index (χ4v) is 5.03. The number of hydrogen-bond donors (Lipinski definition) is 3. The first-order chi connectivity index (χ1) is 17.7. The Morgan fingerprint density at radius 2 is 1.35 bits per heavy atom. The first kappa shape index (κ1) is 26.0. The van der Waals surface area contributed by atoms with Gasteiger partial charge in [0.1, 0.15) is 11.7 Å². The molecule has 6 heteroatoms. The smallest absolute Gasteiger partial charge is 0.235 e. The molecule has 0 aliphatic heterocycles. The number of rotatable bonds is 6. The van der Waals surface area contributed by atoms with Gasteiger partial charge in [0.15, 0.2) is 0 Å². The number of aryl methyl sites for hydroxylation is 2. The zero-order valence-electron chi connectivity index (χ0n) is 21.3. The monoisotopic (exact) mass is 496 g/mol. The fourth-order valence-electron chi connectivity index (χ4n) is 5.03. The van der Waals surface area contributed by atoms with Gasteiger partial charge in [0.25, 0.3) is 0 Å². The van der Waals surface area contributed by atoms with Gasteiger partial charge in [-0.1, -0.05) is 78.9 Å². The molecule has 0 heterocycles. The molecule has 1 fully saturated rings. The summed E-state index contributed by atoms with van der Waals surface area (Å²) in [6.07, 6.45) is 3.20. The number of benzene rings is 3. The van der Waals surface area contributed by atoms with Crippen LogP contribution in [0, 0.1) is 31.6 Å². The van der Waals surface area contributed by atoms with Crippen LogP contribution in [0.2, 0.25) is 0 Å². The number of hydrogen-bond acceptors (Lipinski definition) is 4. The maximum Gasteiger partial charge on any atom is 0.235 e. The highest BCUT2D eigenvalue weighted by atomic mass is 16.3. The van der Waals surface area contributed by atoms with Crippen molar-refractivity contribution >= 4 is 35.0 Å². The maximum atomic E-state index is 13.7. The average molecular weight is 497 g/mol. The minimum atomic E-state index is -1.64. The summed E-state index contributed by atoms with van der Waals surface area (Å²) < 4.78 is 0. The molecule has 190 valence electrons. The number of carbonyl (C=O) groups is 3. The molecule has 1 aliphatic rings. The summed E-state index contributed by atoms with van der Waals surface area (Å²) in [4.78, 5) is 40.6. The van der Waals surface area contributed by atoms with E-state index >= 15 is 0 Å². The Kier molecular flexibility index (Phi) is 7.69. The van der Waals surface area contributed by atoms with Crippen LogP contribution in [0.1, 0.15) is 30.0 Å². The number of allylic oxidation sites excluding steroid dienone is 1. The van der Waals surface area contributed by atoms with Gasteiger partial charge in [0.2, 0.25) is 11.8 Å². The number of para-hydroxylation sites is 2. The number of anilines is 2. The van der Waals surface area contributed by atoms with Crippen molar-refractivity contribution in [2.45, 2.75) is 32.8 Å². The van der Waals surface area contributed by atoms with Crippen LogP contribution in [0.15, 0.2) is 84.9 Å². The number of nitrogens with one attached hydrogen (secondary N) is 2. The average Bonchev–Trinajstić information content (AvgIpc) is 2.85. The van der Waals surface area contributed by atoms with Crippen molar-refractivity contribution in [2.75, 3.05) is 10.6 Å². The van der Waals surface area contributed by atoms with Gasteiger partial charge in [-0.05, 0) is 49.6 Å². The van der Waals surface area contributed by atoms with E-state index < -0.39 is 41.0 Å². The molecular weight excluding hydrogens is 464 g/mol. The molecule has 4 unspecified atom stereocenters. The van der Waals surface area contributed by atoms with Crippen molar-refractivity contribution in [3.05, 3.63) is 102 Å². The van der Waals surface area contributed by atoms with Crippen molar-refractivity contribution in [1.29, 1.82) is 0 Å². The first-order valence-corrected chi connectivity index (χ1v) is 12.4. The van der Waals surface area contributed by atoms with Crippen molar-refractivity contribution < 1.29 is 19.5 Å². The van der Waals surface area contributed by atoms with Crippen molar-refractivity contribution in [3.63, 3.8) is 0 Å². The third-order valence-electron chi connectivity index (χ3n) is 7.00. The topological polar surface area (TPSA) is 95.5 Å². The van der Waals surface area contributed by atoms with E-state index in [1.165, 1.54) is 6.92 Å². The Morgan fingerprint density at radius 1 is 0.838 bits per heavy atom. The van der Waals surface area contributed by atoms with E-state index in [1.807, 2.05) is 74.5 Å². The molecule has 37 heavy (non-hydrogen) atoms. The van der Waals surface area contributed by atoms with Crippen molar-refractivity contribution in [3.8, 4) is 0 Å². The number of aliphatic hydroxyl groups is 1. The molecule has 3 aromatic rings. The Hall–Kier alpha value is -4.03. The van der Waals surface area contributed by atoms with E-state index in [4.69, 9.17) is 0 Å². The van der Waals surface area contributed by atoms with Crippen LogP contribution in [0.3, 0.4) is 0 Å². The summed E-state index contributed by atoms with van der Waals surface area (Å²) >= 11 is 0. The third kappa shape index (κ3) is 5.87. The van der Waals surface area contributed by atoms with E-state index in [1.54, 1.807) is 30.4 Å². The normalized spacial score (nSPS) is 23.6. The lowest BCUT2D eigenvalue weighted by Crippen LogP contribution is -2.57. The molecule has 0 bridgehead atoms. The van der Waals surface area contributed by atoms with E-state index in [2.05, 4.69) is 10.6 Å². The SMILES string of the molecule is Cc1ccccc1NC(=O)C1C(=O)CC(C)(O)C(C(=O)Nc2ccccc2C)C1/C=C/c1ccccc1. The van der Waals surface area contributed by atoms with Crippen LogP contribution >= 0.6 is 0 Å². The van der Waals surface area contributed by atoms with Crippen molar-refractivity contribution in [1.82, 2.24) is 0 Å². The minimum absolute atomic E-state index is 0.305. The molecule has 2 amide bonds. The Balaban J connectivity index is 1.74. The number of carbonyl (C=O) groups excluding carboxylic acids is 3. The Morgan fingerprint density at radius 3 is 1.92 bits per heavy atom. The van der Waals surface area contributed by atoms with E-state index in [9.17, 15) is 19.5 Å². The van der Waals surface area contributed by atoms with Crippen LogP contribution in [-0.2, 0) is 14.4 Å². The lowest BCUT2D eigenvalue weighted by atomic mass is 9.63. The first-order valence-electron chi connectivity index (χ1n) is 12.4. The highest BCUT2D eigenvalue weighted by Crippen LogP contribution is 2.42. The molecule has 0 spiro atoms. The van der Waals surface area contributed by atoms with Crippen LogP contribution in [0.25, 0.3) is 6.08 Å². The molecule has 1 saturated carbocycles. The van der Waals surface area contributed by atoms with Crippen LogP contribution in [0.5, 0.6) is 0 Å². The zero-order valence-corrected chi connectivity index (χ0v) is 21.3. The van der Waals surface area contributed by atoms with E-state index in [0.717, 1.165) is 16.7 Å². The van der Waals surface area contributed by atoms with Gasteiger partial charge in [-0.15, -0.1) is 0 Å². The molecule has 0 saturated heterocycles. The largest absolute Gasteiger partial charge is 0.389 e. The molecule has 4 rings (SSSR count). The van der Waals surface area contributed by atoms with Crippen LogP contribution in [0.4, 0.5) is 11.4 Å². The highest BCUT2D eigenvalue weighted by Gasteiger charge is 2.54. The summed E-state index contributed by atoms with van der Waals surface area (Å²) in [6, 6.07) is 24.1. The number of Topliss-reactive ketones (excluding diaryl/α,β-unsaturated/α-hetero) is 1. The molecule has 3 aromatic carbocycles. The predicted molar refractivity (Wildman–Crippen MR) is 146 cm³/mol. The molecule has 3 N–H and O–H groups in total. The summed E-state index contributed by atoms with van der Waals surface area (Å²) in [5.41, 5.74) is 2.16. The van der Waals surface area contributed by atoms with E-state index in [0.29, 0.717) is 11.4 Å². The molecule has 1 aliphatic carbocycles. The van der Waals surface area contributed by atoms with Gasteiger partial charge >= 0.3 is 0 Å². The number of ketones is 1. The van der Waals surface area contributed by atoms with Gasteiger partial charge in [-0.3, -0.25) is 14.4 Å². The van der Waals surface area contributed by atoms with Crippen LogP contribution in [-0.4, -0.2) is 28.3 Å². The van der Waals surface area contributed by atoms with Gasteiger partial charge < -0.3 is 15.7 Å². The second kappa shape index (κ2) is 10.9. The summed E-state index contributed by atoms with van der Waals surface area (Å²) in [6.45, 7) is 5.24. The van der Waals surface area contributed by atoms with E-state index in [-0.39, 0.29) is 6.42 Å². The number of amides is 2. The second-order valence-electron chi connectivity index (χ2n) is 9.91. The van der Waals surface area contributed by atoms with Gasteiger partial charge in [0.05, 0.1) is 11.5 Å². The van der Waals surface area contributed by atoms with Gasteiger partial charge in [-0.2, -0.15) is 0 Å². The summed E-state index contributed by atoms with van der Waals surface area (Å²) in [5, 5.41) is 17.2. The molecule has 0 aromatic heterocycles. The molecule has 4 atom stereocenters. The zero-order chi connectivity index (χ0) is 26.6. The van der Waals surface area contributed by atoms with Gasteiger partial charge in [0, 0.05) is 23.7 Å². The van der Waals surface area contributed by atoms with Crippen LogP contribution < -0.4 is 10.6 Å². The third-order valence-corrected chi connectivity index (χ3v) is 7.00. The predicted octanol–water partition coefficient (Wildman–Crippen LogP) is 5.17. The summed E-state index contributed by atoms with van der Waals surface area (Å²) in [7, 11) is 0. The summed E-state index contributed by atoms with van der Waals surface area (Å²) in [5.74, 6) is -4.40. The second-order valence-corrected chi connectivity index (χ2v) is 9.91. The lowest BCUT2D eigenvalue weighted by molar-refractivity contribution is -0.152. The van der Waals surface area contributed by atoms with Gasteiger partial charge in [-0.25, -0.2) is 0 Å². The Labute approximate surface area is 217 Å². The quantitative estimate of drug-likeness (QED) is 0.411. The van der Waals surface area contributed by atoms with Crippen molar-refractivity contribution in [2.24, 2.45) is 17.8 Å². The molecule has 0 radical (unpaired) electrons. The maximum absolute atomic E-state index is 13.7. The molecular formula is C31H32N2O4. The lowest BCUT2D eigenvalue weighted by Gasteiger charge is -2.43. The fraction of sp³-hybridized carbons (Fsp3) is 0.258.